The van der Waals surface area contributed by atoms with E-state index in [1.54, 1.807) is 46.1 Å². The van der Waals surface area contributed by atoms with Gasteiger partial charge in [-0.15, -0.1) is 0 Å². The molecule has 3 aliphatic heterocycles. The number of hydrogen-bond acceptors (Lipinski definition) is 11. The van der Waals surface area contributed by atoms with E-state index in [1.165, 1.54) is 5.01 Å². The Hall–Kier alpha value is -2.58. The molecule has 0 unspecified atom stereocenters. The molecule has 2 N–H and O–H groups in total. The number of carbonyl (C=O) groups is 3. The number of rotatable bonds is 8. The Balaban J connectivity index is 1.76. The summed E-state index contributed by atoms with van der Waals surface area (Å²) in [6.07, 6.45) is -1.48. The Morgan fingerprint density at radius 2 is 1.75 bits per heavy atom. The highest BCUT2D eigenvalue weighted by Crippen LogP contribution is 2.42. The van der Waals surface area contributed by atoms with Gasteiger partial charge in [-0.1, -0.05) is 57.5 Å². The molecule has 3 aliphatic rings. The number of cyclic esters (lactones) is 1. The number of amides is 1. The summed E-state index contributed by atoms with van der Waals surface area (Å²) in [7, 11) is 5.38. The molecule has 3 heterocycles. The zero-order chi connectivity index (χ0) is 38.0. The normalized spacial score (nSPS) is 39.5. The second-order valence-electron chi connectivity index (χ2n) is 15.3. The molecule has 2 saturated heterocycles. The van der Waals surface area contributed by atoms with Crippen LogP contribution in [-0.4, -0.2) is 108 Å². The van der Waals surface area contributed by atoms with Crippen molar-refractivity contribution in [2.24, 2.45) is 17.8 Å². The van der Waals surface area contributed by atoms with Crippen LogP contribution in [0.25, 0.3) is 0 Å². The molecule has 13 heteroatoms. The number of ether oxygens (including phenoxy) is 5. The molecule has 2 fully saturated rings. The number of hydrogen-bond donors (Lipinski definition) is 2. The van der Waals surface area contributed by atoms with Crippen molar-refractivity contribution in [3.8, 4) is 0 Å². The molecular formula is C38H58ClN3O9. The number of aliphatic hydroxyl groups is 1. The van der Waals surface area contributed by atoms with Crippen LogP contribution in [0.5, 0.6) is 0 Å². The molecule has 0 bridgehead atoms. The molecule has 286 valence electrons. The predicted molar refractivity (Wildman–Crippen MR) is 193 cm³/mol. The summed E-state index contributed by atoms with van der Waals surface area (Å²) >= 11 is 6.09. The van der Waals surface area contributed by atoms with Crippen molar-refractivity contribution < 1.29 is 43.2 Å². The third-order valence-electron chi connectivity index (χ3n) is 11.1. The number of fused-ring (bicyclic) bond motifs is 1. The Morgan fingerprint density at radius 3 is 2.33 bits per heavy atom. The van der Waals surface area contributed by atoms with Crippen molar-refractivity contribution in [2.45, 2.75) is 135 Å². The number of ketones is 1. The van der Waals surface area contributed by atoms with Crippen molar-refractivity contribution in [3.05, 3.63) is 46.5 Å². The highest BCUT2D eigenvalue weighted by molar-refractivity contribution is 6.30. The maximum atomic E-state index is 14.5. The number of carbonyl (C=O) groups excluding carboxylic acids is 3. The van der Waals surface area contributed by atoms with E-state index in [0.29, 0.717) is 23.4 Å². The second kappa shape index (κ2) is 16.6. The van der Waals surface area contributed by atoms with E-state index in [1.807, 2.05) is 65.7 Å². The molecule has 0 aliphatic carbocycles. The third-order valence-corrected chi connectivity index (χ3v) is 11.3. The van der Waals surface area contributed by atoms with E-state index in [4.69, 9.17) is 35.3 Å². The van der Waals surface area contributed by atoms with Gasteiger partial charge in [0.05, 0.1) is 17.8 Å². The number of nitrogens with zero attached hydrogens (tertiary/aromatic N) is 2. The first-order valence-electron chi connectivity index (χ1n) is 18.0. The van der Waals surface area contributed by atoms with Gasteiger partial charge in [-0.2, -0.15) is 0 Å². The van der Waals surface area contributed by atoms with Gasteiger partial charge in [0, 0.05) is 48.0 Å². The summed E-state index contributed by atoms with van der Waals surface area (Å²) in [4.78, 5) is 43.9. The van der Waals surface area contributed by atoms with E-state index in [2.05, 4.69) is 5.43 Å². The van der Waals surface area contributed by atoms with Crippen LogP contribution in [0.4, 0.5) is 4.79 Å². The van der Waals surface area contributed by atoms with E-state index in [0.717, 1.165) is 5.56 Å². The van der Waals surface area contributed by atoms with Crippen molar-refractivity contribution in [3.63, 3.8) is 0 Å². The van der Waals surface area contributed by atoms with Crippen LogP contribution in [0.2, 0.25) is 5.02 Å². The first kappa shape index (κ1) is 41.2. The van der Waals surface area contributed by atoms with Gasteiger partial charge in [-0.25, -0.2) is 20.0 Å². The van der Waals surface area contributed by atoms with Crippen LogP contribution >= 0.6 is 11.6 Å². The Bertz CT molecular complexity index is 1430. The van der Waals surface area contributed by atoms with Crippen molar-refractivity contribution >= 4 is 29.4 Å². The Kier molecular flexibility index (Phi) is 13.4. The van der Waals surface area contributed by atoms with Crippen LogP contribution in [-0.2, 0) is 39.8 Å². The fourth-order valence-electron chi connectivity index (χ4n) is 8.21. The smallest absolute Gasteiger partial charge is 0.425 e. The van der Waals surface area contributed by atoms with Gasteiger partial charge in [0.25, 0.3) is 0 Å². The topological polar surface area (TPSA) is 136 Å². The average molecular weight is 736 g/mol. The van der Waals surface area contributed by atoms with Gasteiger partial charge in [0.2, 0.25) is 0 Å². The largest absolute Gasteiger partial charge is 0.455 e. The van der Waals surface area contributed by atoms with E-state index in [9.17, 15) is 19.5 Å². The van der Waals surface area contributed by atoms with Crippen molar-refractivity contribution in [2.75, 3.05) is 21.2 Å². The Morgan fingerprint density at radius 1 is 1.10 bits per heavy atom. The molecule has 1 aromatic rings. The van der Waals surface area contributed by atoms with Gasteiger partial charge in [0.1, 0.15) is 24.0 Å². The standard InChI is InChI=1S/C38H58ClN3O9/c1-12-29-38(8)32(42(36(46)51-38)40-20-26-13-15-27(39)16-14-26)25(6)30(43)23(4)19-37(7,47-11)33(21(2)17-22(3)34(45)49-29)50-35-31(44)28(41(9)10)18-24(5)48-35/h13-17,21,23-25,28-29,31-33,35,40,44H,12,18-20H2,1-11H3/b22-17+/t21-,23+,24+,25-,28-,29+,31+,32+,33+,35-,37-,38+/m0/s1. The fourth-order valence-corrected chi connectivity index (χ4v) is 8.34. The summed E-state index contributed by atoms with van der Waals surface area (Å²) in [6, 6.07) is 6.16. The molecule has 1 aromatic carbocycles. The summed E-state index contributed by atoms with van der Waals surface area (Å²) in [5.41, 5.74) is 1.92. The lowest BCUT2D eigenvalue weighted by atomic mass is 9.74. The van der Waals surface area contributed by atoms with E-state index in [-0.39, 0.29) is 30.9 Å². The molecule has 12 nitrogen and oxygen atoms in total. The quantitative estimate of drug-likeness (QED) is 0.337. The zero-order valence-corrected chi connectivity index (χ0v) is 32.7. The van der Waals surface area contributed by atoms with E-state index >= 15 is 0 Å². The van der Waals surface area contributed by atoms with Crippen molar-refractivity contribution in [1.29, 1.82) is 0 Å². The lowest BCUT2D eigenvalue weighted by Gasteiger charge is -2.46. The SMILES string of the molecule is CC[C@H]1OC(=O)/C(C)=C/[C@H](C)[C@@H](O[C@@H]2O[C@H](C)C[C@H](N(C)C)[C@H]2O)[C@@](C)(OC)C[C@@H](C)C(=O)[C@H](C)[C@H]2N(NCc3ccc(Cl)cc3)C(=O)O[C@]12C. The van der Waals surface area contributed by atoms with Gasteiger partial charge in [-0.3, -0.25) is 4.79 Å². The molecule has 0 aromatic heterocycles. The van der Waals surface area contributed by atoms with Crippen LogP contribution in [0.3, 0.4) is 0 Å². The first-order valence-corrected chi connectivity index (χ1v) is 18.4. The molecule has 0 saturated carbocycles. The van der Waals surface area contributed by atoms with E-state index < -0.39 is 71.7 Å². The minimum Gasteiger partial charge on any atom is -0.455 e. The third kappa shape index (κ3) is 8.80. The van der Waals surface area contributed by atoms with Crippen molar-refractivity contribution in [1.82, 2.24) is 15.3 Å². The lowest BCUT2D eigenvalue weighted by molar-refractivity contribution is -0.294. The lowest BCUT2D eigenvalue weighted by Crippen LogP contribution is -2.60. The van der Waals surface area contributed by atoms with Gasteiger partial charge in [0.15, 0.2) is 11.9 Å². The maximum absolute atomic E-state index is 14.5. The molecular weight excluding hydrogens is 678 g/mol. The fraction of sp³-hybridized carbons (Fsp3) is 0.711. The van der Waals surface area contributed by atoms with Gasteiger partial charge < -0.3 is 33.7 Å². The predicted octanol–water partition coefficient (Wildman–Crippen LogP) is 5.29. The highest BCUT2D eigenvalue weighted by atomic mass is 35.5. The Labute approximate surface area is 308 Å². The van der Waals surface area contributed by atoms with Gasteiger partial charge in [-0.05, 0) is 78.7 Å². The summed E-state index contributed by atoms with van der Waals surface area (Å²) in [5, 5.41) is 13.3. The molecule has 1 amide bonds. The number of halogens is 1. The monoisotopic (exact) mass is 735 g/mol. The van der Waals surface area contributed by atoms with Crippen LogP contribution in [0, 0.1) is 17.8 Å². The minimum atomic E-state index is -1.37. The first-order chi connectivity index (χ1) is 23.9. The number of benzene rings is 1. The number of methoxy groups -OCH3 is 1. The number of aliphatic hydroxyl groups excluding tert-OH is 1. The molecule has 0 spiro atoms. The summed E-state index contributed by atoms with van der Waals surface area (Å²) in [6.45, 7) is 14.8. The minimum absolute atomic E-state index is 0.127. The number of nitrogens with one attached hydrogen (secondary N) is 1. The number of Topliss-reactive ketones (excluding diaryl/α,β-unsaturated/α-hetero) is 1. The number of likely N-dealkylation sites (N-methyl/N-ethyl adjacent to an activating group) is 1. The zero-order valence-electron chi connectivity index (χ0n) is 32.0. The molecule has 0 radical (unpaired) electrons. The van der Waals surface area contributed by atoms with Crippen LogP contribution in [0.15, 0.2) is 35.9 Å². The molecule has 12 atom stereocenters. The molecule has 51 heavy (non-hydrogen) atoms. The summed E-state index contributed by atoms with van der Waals surface area (Å²) in [5.74, 6) is -2.49. The maximum Gasteiger partial charge on any atom is 0.425 e. The van der Waals surface area contributed by atoms with Gasteiger partial charge >= 0.3 is 12.1 Å². The van der Waals surface area contributed by atoms with Crippen LogP contribution < -0.4 is 5.43 Å². The number of esters is 1. The highest BCUT2D eigenvalue weighted by Gasteiger charge is 2.60. The van der Waals surface area contributed by atoms with Crippen LogP contribution in [0.1, 0.15) is 80.2 Å². The average Bonchev–Trinajstić information content (AvgIpc) is 3.34. The molecule has 4 rings (SSSR count). The second-order valence-corrected chi connectivity index (χ2v) is 15.7. The number of hydrazine groups is 1. The summed E-state index contributed by atoms with van der Waals surface area (Å²) < 4.78 is 31.3.